The second-order valence-corrected chi connectivity index (χ2v) is 6.10. The van der Waals surface area contributed by atoms with Crippen molar-refractivity contribution in [1.82, 2.24) is 4.90 Å². The van der Waals surface area contributed by atoms with Gasteiger partial charge in [-0.25, -0.2) is 0 Å². The molecule has 0 radical (unpaired) electrons. The molecule has 1 aliphatic rings. The van der Waals surface area contributed by atoms with Crippen LogP contribution in [0.3, 0.4) is 0 Å². The molecule has 1 saturated carbocycles. The summed E-state index contributed by atoms with van der Waals surface area (Å²) in [5.41, 5.74) is 1.41. The van der Waals surface area contributed by atoms with Gasteiger partial charge in [-0.3, -0.25) is 0 Å². The van der Waals surface area contributed by atoms with Crippen LogP contribution in [0.5, 0.6) is 0 Å². The fraction of sp³-hybridized carbons (Fsp3) is 0.647. The molecule has 2 nitrogen and oxygen atoms in total. The van der Waals surface area contributed by atoms with Gasteiger partial charge in [0.05, 0.1) is 6.10 Å². The fourth-order valence-corrected chi connectivity index (χ4v) is 3.48. The van der Waals surface area contributed by atoms with Crippen molar-refractivity contribution in [3.05, 3.63) is 35.9 Å². The molecule has 1 aromatic carbocycles. The predicted molar refractivity (Wildman–Crippen MR) is 80.3 cm³/mol. The summed E-state index contributed by atoms with van der Waals surface area (Å²) in [5.74, 6) is 0. The summed E-state index contributed by atoms with van der Waals surface area (Å²) in [6.45, 7) is 0. The first-order chi connectivity index (χ1) is 9.15. The molecule has 2 rings (SSSR count). The molecule has 0 aliphatic heterocycles. The maximum atomic E-state index is 10.6. The van der Waals surface area contributed by atoms with Gasteiger partial charge in [-0.15, -0.1) is 0 Å². The lowest BCUT2D eigenvalue weighted by Crippen LogP contribution is -2.51. The van der Waals surface area contributed by atoms with Crippen LogP contribution >= 0.6 is 0 Å². The van der Waals surface area contributed by atoms with Crippen molar-refractivity contribution in [2.45, 2.75) is 56.6 Å². The summed E-state index contributed by atoms with van der Waals surface area (Å²) in [6.07, 6.45) is 7.67. The number of hydrogen-bond donors (Lipinski definition) is 1. The van der Waals surface area contributed by atoms with Gasteiger partial charge in [0, 0.05) is 5.54 Å². The smallest absolute Gasteiger partial charge is 0.0723 e. The largest absolute Gasteiger partial charge is 0.391 e. The van der Waals surface area contributed by atoms with Gasteiger partial charge in [0.1, 0.15) is 0 Å². The highest BCUT2D eigenvalue weighted by Crippen LogP contribution is 2.38. The van der Waals surface area contributed by atoms with Gasteiger partial charge in [-0.05, 0) is 51.8 Å². The predicted octanol–water partition coefficient (Wildman–Crippen LogP) is 3.24. The number of aliphatic hydroxyl groups is 1. The number of aryl methyl sites for hydroxylation is 1. The molecule has 1 atom stereocenters. The summed E-state index contributed by atoms with van der Waals surface area (Å²) in [6, 6.07) is 10.6. The van der Waals surface area contributed by atoms with Crippen molar-refractivity contribution >= 4 is 0 Å². The Bertz CT molecular complexity index is 368. The first-order valence-corrected chi connectivity index (χ1v) is 7.54. The van der Waals surface area contributed by atoms with Gasteiger partial charge >= 0.3 is 0 Å². The van der Waals surface area contributed by atoms with E-state index in [2.05, 4.69) is 49.3 Å². The molecule has 1 unspecified atom stereocenters. The summed E-state index contributed by atoms with van der Waals surface area (Å²) < 4.78 is 0. The molecular formula is C17H27NO. The molecule has 1 aliphatic carbocycles. The van der Waals surface area contributed by atoms with Gasteiger partial charge in [0.2, 0.25) is 0 Å². The van der Waals surface area contributed by atoms with Crippen LogP contribution in [0.1, 0.15) is 44.1 Å². The molecule has 0 bridgehead atoms. The average Bonchev–Trinajstić information content (AvgIpc) is 2.90. The zero-order valence-corrected chi connectivity index (χ0v) is 12.3. The Labute approximate surface area is 117 Å². The molecule has 0 aromatic heterocycles. The van der Waals surface area contributed by atoms with Crippen molar-refractivity contribution in [1.29, 1.82) is 0 Å². The lowest BCUT2D eigenvalue weighted by Gasteiger charge is -2.40. The second kappa shape index (κ2) is 6.53. The van der Waals surface area contributed by atoms with Crippen molar-refractivity contribution in [2.75, 3.05) is 14.1 Å². The normalized spacial score (nSPS) is 19.8. The standard InChI is InChI=1S/C17H27NO/c1-18(2)17(13-6-7-14-17)16(19)12-8-11-15-9-4-3-5-10-15/h3-5,9-10,16,19H,6-8,11-14H2,1-2H3. The van der Waals surface area contributed by atoms with Crippen LogP contribution < -0.4 is 0 Å². The van der Waals surface area contributed by atoms with E-state index in [1.807, 2.05) is 0 Å². The molecule has 2 heteroatoms. The SMILES string of the molecule is CN(C)C1(C(O)CCCc2ccccc2)CCCC1. The van der Waals surface area contributed by atoms with Crippen LogP contribution in [0.4, 0.5) is 0 Å². The van der Waals surface area contributed by atoms with Crippen LogP contribution in [-0.4, -0.2) is 35.7 Å². The van der Waals surface area contributed by atoms with Gasteiger partial charge in [0.15, 0.2) is 0 Å². The summed E-state index contributed by atoms with van der Waals surface area (Å²) in [7, 11) is 4.23. The van der Waals surface area contributed by atoms with E-state index >= 15 is 0 Å². The number of likely N-dealkylation sites (N-methyl/N-ethyl adjacent to an activating group) is 1. The number of nitrogens with zero attached hydrogens (tertiary/aromatic N) is 1. The first kappa shape index (κ1) is 14.5. The molecule has 0 spiro atoms. The minimum absolute atomic E-state index is 0.0384. The molecule has 106 valence electrons. The maximum Gasteiger partial charge on any atom is 0.0723 e. The van der Waals surface area contributed by atoms with E-state index in [4.69, 9.17) is 0 Å². The molecular weight excluding hydrogens is 234 g/mol. The Morgan fingerprint density at radius 1 is 1.16 bits per heavy atom. The lowest BCUT2D eigenvalue weighted by molar-refractivity contribution is -0.00874. The van der Waals surface area contributed by atoms with Gasteiger partial charge in [-0.2, -0.15) is 0 Å². The highest BCUT2D eigenvalue weighted by molar-refractivity contribution is 5.14. The Balaban J connectivity index is 1.85. The van der Waals surface area contributed by atoms with Crippen molar-refractivity contribution < 1.29 is 5.11 Å². The van der Waals surface area contributed by atoms with Crippen molar-refractivity contribution in [2.24, 2.45) is 0 Å². The average molecular weight is 261 g/mol. The molecule has 0 heterocycles. The number of hydrogen-bond acceptors (Lipinski definition) is 2. The monoisotopic (exact) mass is 261 g/mol. The third kappa shape index (κ3) is 3.37. The highest BCUT2D eigenvalue weighted by atomic mass is 16.3. The third-order valence-corrected chi connectivity index (χ3v) is 4.77. The summed E-state index contributed by atoms with van der Waals surface area (Å²) in [5, 5.41) is 10.6. The zero-order valence-electron chi connectivity index (χ0n) is 12.3. The molecule has 0 amide bonds. The van der Waals surface area contributed by atoms with Crippen LogP contribution in [0, 0.1) is 0 Å². The Morgan fingerprint density at radius 2 is 1.79 bits per heavy atom. The maximum absolute atomic E-state index is 10.6. The molecule has 0 saturated heterocycles. The fourth-order valence-electron chi connectivity index (χ4n) is 3.48. The highest BCUT2D eigenvalue weighted by Gasteiger charge is 2.41. The minimum atomic E-state index is -0.186. The first-order valence-electron chi connectivity index (χ1n) is 7.54. The summed E-state index contributed by atoms with van der Waals surface area (Å²) >= 11 is 0. The Morgan fingerprint density at radius 3 is 2.37 bits per heavy atom. The van der Waals surface area contributed by atoms with E-state index in [-0.39, 0.29) is 11.6 Å². The van der Waals surface area contributed by atoms with E-state index in [1.54, 1.807) is 0 Å². The van der Waals surface area contributed by atoms with Crippen LogP contribution in [0.25, 0.3) is 0 Å². The van der Waals surface area contributed by atoms with E-state index in [1.165, 1.54) is 18.4 Å². The number of rotatable bonds is 6. The van der Waals surface area contributed by atoms with Crippen LogP contribution in [0.15, 0.2) is 30.3 Å². The van der Waals surface area contributed by atoms with E-state index < -0.39 is 0 Å². The minimum Gasteiger partial charge on any atom is -0.391 e. The Kier molecular flexibility index (Phi) is 5.00. The van der Waals surface area contributed by atoms with E-state index in [9.17, 15) is 5.11 Å². The lowest BCUT2D eigenvalue weighted by atomic mass is 9.86. The molecule has 1 aromatic rings. The van der Waals surface area contributed by atoms with Crippen molar-refractivity contribution in [3.63, 3.8) is 0 Å². The van der Waals surface area contributed by atoms with E-state index in [0.717, 1.165) is 32.1 Å². The molecule has 19 heavy (non-hydrogen) atoms. The second-order valence-electron chi connectivity index (χ2n) is 6.10. The van der Waals surface area contributed by atoms with Crippen LogP contribution in [-0.2, 0) is 6.42 Å². The molecule has 1 N–H and O–H groups in total. The quantitative estimate of drug-likeness (QED) is 0.849. The summed E-state index contributed by atoms with van der Waals surface area (Å²) in [4.78, 5) is 2.26. The number of aliphatic hydroxyl groups excluding tert-OH is 1. The number of benzene rings is 1. The van der Waals surface area contributed by atoms with Gasteiger partial charge in [0.25, 0.3) is 0 Å². The topological polar surface area (TPSA) is 23.5 Å². The van der Waals surface area contributed by atoms with Crippen LogP contribution in [0.2, 0.25) is 0 Å². The molecule has 1 fully saturated rings. The Hall–Kier alpha value is -0.860. The van der Waals surface area contributed by atoms with Crippen molar-refractivity contribution in [3.8, 4) is 0 Å². The van der Waals surface area contributed by atoms with Gasteiger partial charge < -0.3 is 10.0 Å². The van der Waals surface area contributed by atoms with Gasteiger partial charge in [-0.1, -0.05) is 43.2 Å². The zero-order chi connectivity index (χ0) is 13.7. The van der Waals surface area contributed by atoms with E-state index in [0.29, 0.717) is 0 Å². The third-order valence-electron chi connectivity index (χ3n) is 4.77.